The van der Waals surface area contributed by atoms with Gasteiger partial charge in [-0.2, -0.15) is 5.10 Å². The predicted octanol–water partition coefficient (Wildman–Crippen LogP) is 3.81. The molecule has 10 nitrogen and oxygen atoms in total. The standard InChI is InChI=1S/C25H34FN7O3/c1-25(2,3)36-24(34)30-18-8-7-15(11-20(18)35-6)16-12-21(33-22(16)23(27)28-14-29-33)32-10-9-19(31(4)5)17(26)13-32/h7-8,11-12,14,17,19H,9-10,13H2,1-6H3,(H,30,34)(H2,27,28,29)/t17-,19-/m0/s1. The quantitative estimate of drug-likeness (QED) is 0.545. The first kappa shape index (κ1) is 25.5. The highest BCUT2D eigenvalue weighted by molar-refractivity contribution is 5.93. The molecule has 0 aliphatic carbocycles. The van der Waals surface area contributed by atoms with Crippen LogP contribution in [0.4, 0.5) is 26.5 Å². The third-order valence-electron chi connectivity index (χ3n) is 6.21. The lowest BCUT2D eigenvalue weighted by Crippen LogP contribution is -2.50. The van der Waals surface area contributed by atoms with E-state index in [1.54, 1.807) is 37.4 Å². The Hall–Kier alpha value is -3.60. The molecule has 0 radical (unpaired) electrons. The van der Waals surface area contributed by atoms with Gasteiger partial charge in [0.2, 0.25) is 0 Å². The Bertz CT molecular complexity index is 1250. The summed E-state index contributed by atoms with van der Waals surface area (Å²) in [6.45, 7) is 6.32. The Labute approximate surface area is 210 Å². The molecule has 1 amide bonds. The molecule has 3 aromatic rings. The number of benzene rings is 1. The van der Waals surface area contributed by atoms with Gasteiger partial charge in [-0.1, -0.05) is 6.07 Å². The summed E-state index contributed by atoms with van der Waals surface area (Å²) in [6, 6.07) is 7.20. The molecule has 1 aliphatic rings. The van der Waals surface area contributed by atoms with E-state index in [0.29, 0.717) is 35.7 Å². The zero-order chi connectivity index (χ0) is 26.2. The van der Waals surface area contributed by atoms with E-state index in [0.717, 1.165) is 16.9 Å². The number of nitrogen functional groups attached to an aromatic ring is 1. The molecule has 1 saturated heterocycles. The Morgan fingerprint density at radius 1 is 1.28 bits per heavy atom. The Kier molecular flexibility index (Phi) is 6.94. The zero-order valence-corrected chi connectivity index (χ0v) is 21.6. The van der Waals surface area contributed by atoms with E-state index < -0.39 is 17.9 Å². The fourth-order valence-electron chi connectivity index (χ4n) is 4.55. The molecule has 0 spiro atoms. The molecular formula is C25H34FN7O3. The van der Waals surface area contributed by atoms with Crippen LogP contribution in [0.3, 0.4) is 0 Å². The lowest BCUT2D eigenvalue weighted by Gasteiger charge is -2.38. The first-order chi connectivity index (χ1) is 17.0. The number of aromatic nitrogens is 3. The third kappa shape index (κ3) is 5.15. The van der Waals surface area contributed by atoms with Gasteiger partial charge in [-0.05, 0) is 65.0 Å². The average Bonchev–Trinajstić information content (AvgIpc) is 3.19. The molecule has 194 valence electrons. The maximum absolute atomic E-state index is 15.0. The second kappa shape index (κ2) is 9.81. The summed E-state index contributed by atoms with van der Waals surface area (Å²) in [6.07, 6.45) is 0.504. The highest BCUT2D eigenvalue weighted by atomic mass is 19.1. The average molecular weight is 500 g/mol. The number of ether oxygens (including phenoxy) is 2. The van der Waals surface area contributed by atoms with Crippen LogP contribution in [0.15, 0.2) is 30.6 Å². The number of carbonyl (C=O) groups is 1. The number of amides is 1. The Morgan fingerprint density at radius 3 is 2.67 bits per heavy atom. The number of piperidine rings is 1. The summed E-state index contributed by atoms with van der Waals surface area (Å²) in [5, 5.41) is 7.15. The van der Waals surface area contributed by atoms with E-state index in [2.05, 4.69) is 15.4 Å². The van der Waals surface area contributed by atoms with E-state index in [1.807, 2.05) is 36.0 Å². The minimum Gasteiger partial charge on any atom is -0.495 e. The first-order valence-corrected chi connectivity index (χ1v) is 11.8. The van der Waals surface area contributed by atoms with Crippen LogP contribution in [-0.4, -0.2) is 77.7 Å². The molecule has 3 N–H and O–H groups in total. The SMILES string of the molecule is COc1cc(-c2cc(N3CC[C@H](N(C)C)[C@@H](F)C3)n3ncnc(N)c23)ccc1NC(=O)OC(C)(C)C. The molecule has 2 atom stereocenters. The van der Waals surface area contributed by atoms with Crippen LogP contribution in [0.5, 0.6) is 5.75 Å². The number of nitrogens with zero attached hydrogens (tertiary/aromatic N) is 5. The number of carbonyl (C=O) groups excluding carboxylic acids is 1. The number of alkyl halides is 1. The number of hydrogen-bond acceptors (Lipinski definition) is 8. The summed E-state index contributed by atoms with van der Waals surface area (Å²) in [5.74, 6) is 1.50. The summed E-state index contributed by atoms with van der Waals surface area (Å²) >= 11 is 0. The van der Waals surface area contributed by atoms with Crippen LogP contribution in [0.1, 0.15) is 27.2 Å². The van der Waals surface area contributed by atoms with E-state index >= 15 is 0 Å². The molecule has 4 rings (SSSR count). The molecular weight excluding hydrogens is 465 g/mol. The van der Waals surface area contributed by atoms with Crippen LogP contribution in [0.25, 0.3) is 16.6 Å². The summed E-state index contributed by atoms with van der Waals surface area (Å²) in [7, 11) is 5.33. The molecule has 11 heteroatoms. The van der Waals surface area contributed by atoms with Crippen molar-refractivity contribution in [3.05, 3.63) is 30.6 Å². The monoisotopic (exact) mass is 499 g/mol. The summed E-state index contributed by atoms with van der Waals surface area (Å²) in [5.41, 5.74) is 8.29. The zero-order valence-electron chi connectivity index (χ0n) is 21.6. The van der Waals surface area contributed by atoms with Crippen molar-refractivity contribution in [3.63, 3.8) is 0 Å². The highest BCUT2D eigenvalue weighted by Crippen LogP contribution is 2.38. The number of anilines is 3. The van der Waals surface area contributed by atoms with Crippen molar-refractivity contribution in [1.29, 1.82) is 0 Å². The van der Waals surface area contributed by atoms with Crippen molar-refractivity contribution < 1.29 is 18.7 Å². The van der Waals surface area contributed by atoms with Gasteiger partial charge in [0.1, 0.15) is 35.2 Å². The largest absolute Gasteiger partial charge is 0.495 e. The fraction of sp³-hybridized carbons (Fsp3) is 0.480. The number of rotatable bonds is 5. The van der Waals surface area contributed by atoms with E-state index in [9.17, 15) is 9.18 Å². The van der Waals surface area contributed by atoms with Gasteiger partial charge >= 0.3 is 6.09 Å². The van der Waals surface area contributed by atoms with Gasteiger partial charge in [0.05, 0.1) is 19.3 Å². The summed E-state index contributed by atoms with van der Waals surface area (Å²) < 4.78 is 27.6. The van der Waals surface area contributed by atoms with Crippen LogP contribution in [-0.2, 0) is 4.74 Å². The van der Waals surface area contributed by atoms with Crippen molar-refractivity contribution in [2.75, 3.05) is 50.2 Å². The number of fused-ring (bicyclic) bond motifs is 1. The topological polar surface area (TPSA) is 110 Å². The molecule has 1 aliphatic heterocycles. The van der Waals surface area contributed by atoms with Crippen molar-refractivity contribution in [3.8, 4) is 16.9 Å². The molecule has 36 heavy (non-hydrogen) atoms. The second-order valence-electron chi connectivity index (χ2n) is 10.1. The van der Waals surface area contributed by atoms with Gasteiger partial charge in [0, 0.05) is 18.2 Å². The first-order valence-electron chi connectivity index (χ1n) is 11.8. The molecule has 0 saturated carbocycles. The number of hydrogen-bond donors (Lipinski definition) is 2. The summed E-state index contributed by atoms with van der Waals surface area (Å²) in [4.78, 5) is 20.4. The predicted molar refractivity (Wildman–Crippen MR) is 138 cm³/mol. The van der Waals surface area contributed by atoms with Gasteiger partial charge in [0.15, 0.2) is 5.82 Å². The Morgan fingerprint density at radius 2 is 2.03 bits per heavy atom. The van der Waals surface area contributed by atoms with Gasteiger partial charge in [-0.15, -0.1) is 0 Å². The number of nitrogens with one attached hydrogen (secondary N) is 1. The van der Waals surface area contributed by atoms with Crippen molar-refractivity contribution in [2.45, 2.75) is 45.0 Å². The smallest absolute Gasteiger partial charge is 0.412 e. The third-order valence-corrected chi connectivity index (χ3v) is 6.21. The minimum atomic E-state index is -1.000. The van der Waals surface area contributed by atoms with Gasteiger partial charge < -0.3 is 25.0 Å². The lowest BCUT2D eigenvalue weighted by molar-refractivity contribution is 0.0635. The molecule has 1 aromatic carbocycles. The number of nitrogens with two attached hydrogens (primary N) is 1. The van der Waals surface area contributed by atoms with Crippen LogP contribution < -0.4 is 20.7 Å². The molecule has 3 heterocycles. The van der Waals surface area contributed by atoms with Crippen molar-refractivity contribution >= 4 is 28.9 Å². The van der Waals surface area contributed by atoms with Crippen LogP contribution in [0, 0.1) is 0 Å². The van der Waals surface area contributed by atoms with E-state index in [4.69, 9.17) is 15.2 Å². The van der Waals surface area contributed by atoms with E-state index in [1.165, 1.54) is 13.4 Å². The van der Waals surface area contributed by atoms with Crippen molar-refractivity contribution in [1.82, 2.24) is 19.5 Å². The minimum absolute atomic E-state index is 0.124. The molecule has 1 fully saturated rings. The second-order valence-corrected chi connectivity index (χ2v) is 10.1. The molecule has 0 unspecified atom stereocenters. The highest BCUT2D eigenvalue weighted by Gasteiger charge is 2.32. The Balaban J connectivity index is 1.71. The lowest BCUT2D eigenvalue weighted by atomic mass is 10.0. The molecule has 0 bridgehead atoms. The number of halogens is 1. The van der Waals surface area contributed by atoms with Gasteiger partial charge in [0.25, 0.3) is 0 Å². The van der Waals surface area contributed by atoms with Crippen LogP contribution >= 0.6 is 0 Å². The maximum atomic E-state index is 15.0. The molecule has 2 aromatic heterocycles. The fourth-order valence-corrected chi connectivity index (χ4v) is 4.55. The van der Waals surface area contributed by atoms with Crippen molar-refractivity contribution in [2.24, 2.45) is 0 Å². The van der Waals surface area contributed by atoms with Crippen LogP contribution in [0.2, 0.25) is 0 Å². The maximum Gasteiger partial charge on any atom is 0.412 e. The normalized spacial score (nSPS) is 18.5. The van der Waals surface area contributed by atoms with Gasteiger partial charge in [-0.3, -0.25) is 5.32 Å². The van der Waals surface area contributed by atoms with Gasteiger partial charge in [-0.25, -0.2) is 18.7 Å². The number of methoxy groups -OCH3 is 1. The van der Waals surface area contributed by atoms with E-state index in [-0.39, 0.29) is 12.6 Å².